The number of ether oxygens (including phenoxy) is 1. The standard InChI is InChI=1S/C24H20F2N4O5/c1-2-29-13-18-21(7-8-27-23(18)28-24(29)32)35-22-6-3-14(10-20(22)26)9-17(31)12-15-11-16(30(33)34)4-5-19(15)25/h3-8,10-11H,2,9,12-13H2,1H3,(H,27,28,32). The number of halogens is 2. The van der Waals surface area contributed by atoms with Gasteiger partial charge in [0.25, 0.3) is 5.69 Å². The third-order valence-electron chi connectivity index (χ3n) is 5.50. The second kappa shape index (κ2) is 9.84. The maximum absolute atomic E-state index is 14.8. The molecule has 0 aliphatic carbocycles. The number of carbonyl (C=O) groups is 2. The van der Waals surface area contributed by atoms with Crippen LogP contribution in [-0.2, 0) is 24.2 Å². The molecule has 35 heavy (non-hydrogen) atoms. The van der Waals surface area contributed by atoms with Gasteiger partial charge in [-0.15, -0.1) is 0 Å². The molecule has 2 heterocycles. The zero-order valence-corrected chi connectivity index (χ0v) is 18.6. The Morgan fingerprint density at radius 1 is 1.14 bits per heavy atom. The number of nitro groups is 1. The van der Waals surface area contributed by atoms with Crippen LogP contribution in [0.3, 0.4) is 0 Å². The van der Waals surface area contributed by atoms with Crippen molar-refractivity contribution in [1.82, 2.24) is 9.88 Å². The fourth-order valence-corrected chi connectivity index (χ4v) is 3.70. The summed E-state index contributed by atoms with van der Waals surface area (Å²) < 4.78 is 34.5. The van der Waals surface area contributed by atoms with Crippen LogP contribution in [0.1, 0.15) is 23.6 Å². The fourth-order valence-electron chi connectivity index (χ4n) is 3.70. The van der Waals surface area contributed by atoms with Crippen molar-refractivity contribution in [3.63, 3.8) is 0 Å². The summed E-state index contributed by atoms with van der Waals surface area (Å²) in [7, 11) is 0. The average molecular weight is 482 g/mol. The Kier molecular flexibility index (Phi) is 6.67. The summed E-state index contributed by atoms with van der Waals surface area (Å²) in [6, 6.07) is 8.28. The number of benzene rings is 2. The van der Waals surface area contributed by atoms with Gasteiger partial charge in [-0.05, 0) is 36.8 Å². The molecule has 0 spiro atoms. The highest BCUT2D eigenvalue weighted by Gasteiger charge is 2.25. The Bertz CT molecular complexity index is 1330. The zero-order chi connectivity index (χ0) is 25.1. The van der Waals surface area contributed by atoms with Gasteiger partial charge < -0.3 is 9.64 Å². The van der Waals surface area contributed by atoms with Crippen molar-refractivity contribution in [3.8, 4) is 11.5 Å². The quantitative estimate of drug-likeness (QED) is 0.365. The molecule has 0 unspecified atom stereocenters. The number of nitro benzene ring substituents is 1. The SMILES string of the molecule is CCN1Cc2c(Oc3ccc(CC(=O)Cc4cc([N+](=O)[O-])ccc4F)cc3F)ccnc2NC1=O. The van der Waals surface area contributed by atoms with Gasteiger partial charge in [-0.1, -0.05) is 6.07 Å². The van der Waals surface area contributed by atoms with Gasteiger partial charge in [-0.25, -0.2) is 18.6 Å². The van der Waals surface area contributed by atoms with Crippen LogP contribution in [0.15, 0.2) is 48.7 Å². The molecule has 4 rings (SSSR count). The number of ketones is 1. The molecular formula is C24H20F2N4O5. The number of urea groups is 1. The molecule has 0 bridgehead atoms. The Balaban J connectivity index is 1.47. The number of non-ortho nitro benzene ring substituents is 1. The minimum Gasteiger partial charge on any atom is -0.454 e. The third-order valence-corrected chi connectivity index (χ3v) is 5.50. The number of hydrogen-bond donors (Lipinski definition) is 1. The number of nitrogens with one attached hydrogen (secondary N) is 1. The van der Waals surface area contributed by atoms with Gasteiger partial charge in [-0.2, -0.15) is 0 Å². The minimum atomic E-state index is -0.725. The van der Waals surface area contributed by atoms with Crippen molar-refractivity contribution < 1.29 is 28.0 Å². The van der Waals surface area contributed by atoms with E-state index >= 15 is 0 Å². The lowest BCUT2D eigenvalue weighted by Crippen LogP contribution is -2.38. The number of anilines is 1. The average Bonchev–Trinajstić information content (AvgIpc) is 2.81. The third kappa shape index (κ3) is 5.24. The normalized spacial score (nSPS) is 12.7. The van der Waals surface area contributed by atoms with E-state index in [1.165, 1.54) is 18.3 Å². The first-order valence-corrected chi connectivity index (χ1v) is 10.7. The van der Waals surface area contributed by atoms with E-state index in [2.05, 4.69) is 10.3 Å². The molecule has 180 valence electrons. The molecule has 1 aromatic heterocycles. The van der Waals surface area contributed by atoms with Crippen LogP contribution in [-0.4, -0.2) is 33.2 Å². The number of Topliss-reactive ketones (excluding diaryl/α,β-unsaturated/α-hetero) is 1. The van der Waals surface area contributed by atoms with Crippen molar-refractivity contribution in [2.75, 3.05) is 11.9 Å². The van der Waals surface area contributed by atoms with Crippen LogP contribution >= 0.6 is 0 Å². The maximum Gasteiger partial charge on any atom is 0.323 e. The van der Waals surface area contributed by atoms with E-state index in [0.717, 1.165) is 24.3 Å². The summed E-state index contributed by atoms with van der Waals surface area (Å²) in [5.74, 6) is -1.28. The number of aromatic nitrogens is 1. The first-order valence-electron chi connectivity index (χ1n) is 10.7. The summed E-state index contributed by atoms with van der Waals surface area (Å²) in [5, 5.41) is 13.6. The topological polar surface area (TPSA) is 115 Å². The number of hydrogen-bond acceptors (Lipinski definition) is 6. The van der Waals surface area contributed by atoms with E-state index in [1.807, 2.05) is 6.92 Å². The molecule has 3 aromatic rings. The van der Waals surface area contributed by atoms with E-state index in [-0.39, 0.29) is 42.4 Å². The van der Waals surface area contributed by atoms with Crippen LogP contribution in [0.25, 0.3) is 0 Å². The highest BCUT2D eigenvalue weighted by molar-refractivity contribution is 5.91. The first kappa shape index (κ1) is 23.7. The molecule has 2 aromatic carbocycles. The number of nitrogens with zero attached hydrogens (tertiary/aromatic N) is 3. The number of carbonyl (C=O) groups excluding carboxylic acids is 2. The molecule has 0 saturated heterocycles. The lowest BCUT2D eigenvalue weighted by atomic mass is 10.0. The van der Waals surface area contributed by atoms with Gasteiger partial charge in [0, 0.05) is 43.3 Å². The largest absolute Gasteiger partial charge is 0.454 e. The Morgan fingerprint density at radius 3 is 2.66 bits per heavy atom. The molecule has 2 amide bonds. The van der Waals surface area contributed by atoms with Gasteiger partial charge in [0.1, 0.15) is 23.2 Å². The Labute approximate surface area is 198 Å². The summed E-state index contributed by atoms with van der Waals surface area (Å²) in [4.78, 5) is 40.3. The Morgan fingerprint density at radius 2 is 1.94 bits per heavy atom. The molecule has 11 heteroatoms. The molecule has 1 N–H and O–H groups in total. The van der Waals surface area contributed by atoms with Crippen LogP contribution in [0.5, 0.6) is 11.5 Å². The molecule has 0 saturated carbocycles. The highest BCUT2D eigenvalue weighted by Crippen LogP contribution is 2.34. The lowest BCUT2D eigenvalue weighted by molar-refractivity contribution is -0.385. The number of pyridine rings is 1. The fraction of sp³-hybridized carbons (Fsp3) is 0.208. The van der Waals surface area contributed by atoms with Crippen molar-refractivity contribution in [3.05, 3.63) is 87.1 Å². The number of rotatable bonds is 8. The van der Waals surface area contributed by atoms with Crippen LogP contribution in [0, 0.1) is 21.7 Å². The summed E-state index contributed by atoms with van der Waals surface area (Å²) in [5.41, 5.74) is 0.528. The molecule has 0 radical (unpaired) electrons. The molecular weight excluding hydrogens is 462 g/mol. The van der Waals surface area contributed by atoms with E-state index < -0.39 is 22.3 Å². The first-order chi connectivity index (χ1) is 16.7. The Hall–Kier alpha value is -4.41. The molecule has 0 atom stereocenters. The van der Waals surface area contributed by atoms with E-state index in [9.17, 15) is 28.5 Å². The lowest BCUT2D eigenvalue weighted by Gasteiger charge is -2.28. The van der Waals surface area contributed by atoms with Crippen LogP contribution in [0.2, 0.25) is 0 Å². The predicted octanol–water partition coefficient (Wildman–Crippen LogP) is 4.78. The summed E-state index contributed by atoms with van der Waals surface area (Å²) >= 11 is 0. The monoisotopic (exact) mass is 482 g/mol. The van der Waals surface area contributed by atoms with Crippen molar-refractivity contribution in [1.29, 1.82) is 0 Å². The van der Waals surface area contributed by atoms with Crippen molar-refractivity contribution in [2.24, 2.45) is 0 Å². The molecule has 0 fully saturated rings. The van der Waals surface area contributed by atoms with Crippen LogP contribution < -0.4 is 10.1 Å². The second-order valence-electron chi connectivity index (χ2n) is 7.87. The van der Waals surface area contributed by atoms with E-state index in [0.29, 0.717) is 29.2 Å². The van der Waals surface area contributed by atoms with Crippen molar-refractivity contribution in [2.45, 2.75) is 26.3 Å². The number of amides is 2. The van der Waals surface area contributed by atoms with Gasteiger partial charge in [-0.3, -0.25) is 20.2 Å². The molecule has 1 aliphatic rings. The van der Waals surface area contributed by atoms with Crippen molar-refractivity contribution >= 4 is 23.3 Å². The molecule has 9 nitrogen and oxygen atoms in total. The second-order valence-corrected chi connectivity index (χ2v) is 7.87. The van der Waals surface area contributed by atoms with Gasteiger partial charge in [0.2, 0.25) is 0 Å². The summed E-state index contributed by atoms with van der Waals surface area (Å²) in [6.07, 6.45) is 0.881. The summed E-state index contributed by atoms with van der Waals surface area (Å²) in [6.45, 7) is 2.55. The van der Waals surface area contributed by atoms with E-state index in [4.69, 9.17) is 4.74 Å². The smallest absolute Gasteiger partial charge is 0.323 e. The predicted molar refractivity (Wildman–Crippen MR) is 121 cm³/mol. The van der Waals surface area contributed by atoms with E-state index in [1.54, 1.807) is 11.0 Å². The molecule has 1 aliphatic heterocycles. The van der Waals surface area contributed by atoms with Gasteiger partial charge in [0.15, 0.2) is 11.6 Å². The van der Waals surface area contributed by atoms with Gasteiger partial charge in [0.05, 0.1) is 17.0 Å². The highest BCUT2D eigenvalue weighted by atomic mass is 19.1. The number of fused-ring (bicyclic) bond motifs is 1. The maximum atomic E-state index is 14.8. The van der Waals surface area contributed by atoms with Gasteiger partial charge >= 0.3 is 6.03 Å². The van der Waals surface area contributed by atoms with Crippen LogP contribution in [0.4, 0.5) is 25.1 Å². The minimum absolute atomic E-state index is 0.0840. The zero-order valence-electron chi connectivity index (χ0n) is 18.6.